The summed E-state index contributed by atoms with van der Waals surface area (Å²) in [6, 6.07) is 9.54. The van der Waals surface area contributed by atoms with Crippen LogP contribution in [0.5, 0.6) is 0 Å². The van der Waals surface area contributed by atoms with Gasteiger partial charge in [0.1, 0.15) is 5.82 Å². The molecule has 0 atom stereocenters. The van der Waals surface area contributed by atoms with Crippen molar-refractivity contribution in [1.82, 2.24) is 30.6 Å². The molecule has 180 valence electrons. The van der Waals surface area contributed by atoms with Crippen LogP contribution >= 0.6 is 11.8 Å². The van der Waals surface area contributed by atoms with Crippen LogP contribution in [0.15, 0.2) is 47.6 Å². The fourth-order valence-electron chi connectivity index (χ4n) is 4.25. The number of pyridine rings is 1. The van der Waals surface area contributed by atoms with E-state index in [1.54, 1.807) is 18.3 Å². The third kappa shape index (κ3) is 5.52. The molecule has 0 unspecified atom stereocenters. The standard InChI is InChI=1S/C24H26N8O2S/c25-20-4-3-16(21(30-20)18-2-1-8-27-18)14-26-13-15-6-10-32(11-7-15)23-28-9-5-17(29-23)12-19-22(33)31-24(34)35-19/h1-5,8-9,12,15,26-27H,6-7,10-11,13-14H2,(H2,25,30)(H,31,33,34). The highest BCUT2D eigenvalue weighted by Gasteiger charge is 2.26. The summed E-state index contributed by atoms with van der Waals surface area (Å²) in [5, 5.41) is 5.48. The molecule has 2 saturated heterocycles. The summed E-state index contributed by atoms with van der Waals surface area (Å²) >= 11 is 0.885. The van der Waals surface area contributed by atoms with Gasteiger partial charge in [-0.25, -0.2) is 15.0 Å². The van der Waals surface area contributed by atoms with E-state index in [0.717, 1.165) is 67.7 Å². The summed E-state index contributed by atoms with van der Waals surface area (Å²) < 4.78 is 0. The van der Waals surface area contributed by atoms with Crippen LogP contribution in [0.25, 0.3) is 17.5 Å². The first-order chi connectivity index (χ1) is 17.0. The lowest BCUT2D eigenvalue weighted by atomic mass is 9.97. The molecule has 0 radical (unpaired) electrons. The summed E-state index contributed by atoms with van der Waals surface area (Å²) in [7, 11) is 0. The molecule has 2 aliphatic rings. The van der Waals surface area contributed by atoms with E-state index in [2.05, 4.69) is 35.5 Å². The van der Waals surface area contributed by atoms with Gasteiger partial charge >= 0.3 is 0 Å². The Hall–Kier alpha value is -3.70. The molecule has 3 aromatic heterocycles. The number of carbonyl (C=O) groups excluding carboxylic acids is 2. The predicted octanol–water partition coefficient (Wildman–Crippen LogP) is 2.78. The first-order valence-corrected chi connectivity index (χ1v) is 12.3. The highest BCUT2D eigenvalue weighted by molar-refractivity contribution is 8.18. The van der Waals surface area contributed by atoms with Crippen LogP contribution in [0.3, 0.4) is 0 Å². The summed E-state index contributed by atoms with van der Waals surface area (Å²) in [6.07, 6.45) is 7.24. The second-order valence-electron chi connectivity index (χ2n) is 8.52. The first kappa shape index (κ1) is 23.1. The van der Waals surface area contributed by atoms with Crippen molar-refractivity contribution in [2.45, 2.75) is 19.4 Å². The molecular weight excluding hydrogens is 464 g/mol. The van der Waals surface area contributed by atoms with Gasteiger partial charge in [0.15, 0.2) is 0 Å². The number of aromatic amines is 1. The Balaban J connectivity index is 1.14. The molecule has 5 rings (SSSR count). The number of carbonyl (C=O) groups is 2. The molecule has 35 heavy (non-hydrogen) atoms. The zero-order chi connectivity index (χ0) is 24.2. The largest absolute Gasteiger partial charge is 0.384 e. The van der Waals surface area contributed by atoms with Crippen molar-refractivity contribution in [2.24, 2.45) is 5.92 Å². The Morgan fingerprint density at radius 2 is 2.03 bits per heavy atom. The molecule has 0 bridgehead atoms. The van der Waals surface area contributed by atoms with E-state index in [1.165, 1.54) is 0 Å². The van der Waals surface area contributed by atoms with Gasteiger partial charge in [-0.15, -0.1) is 0 Å². The molecule has 11 heteroatoms. The number of imide groups is 1. The summed E-state index contributed by atoms with van der Waals surface area (Å²) in [5.41, 5.74) is 9.46. The Kier molecular flexibility index (Phi) is 6.77. The zero-order valence-corrected chi connectivity index (χ0v) is 19.8. The molecule has 0 saturated carbocycles. The zero-order valence-electron chi connectivity index (χ0n) is 19.0. The fraction of sp³-hybridized carbons (Fsp3) is 0.292. The number of anilines is 2. The third-order valence-corrected chi connectivity index (χ3v) is 6.90. The van der Waals surface area contributed by atoms with Crippen LogP contribution in [-0.4, -0.2) is 50.7 Å². The lowest BCUT2D eigenvalue weighted by Crippen LogP contribution is -2.38. The maximum Gasteiger partial charge on any atom is 0.290 e. The van der Waals surface area contributed by atoms with Gasteiger partial charge in [-0.3, -0.25) is 14.9 Å². The number of hydrogen-bond acceptors (Lipinski definition) is 9. The number of aromatic nitrogens is 4. The van der Waals surface area contributed by atoms with Gasteiger partial charge in [0.05, 0.1) is 22.0 Å². The van der Waals surface area contributed by atoms with Gasteiger partial charge in [0.2, 0.25) is 5.95 Å². The van der Waals surface area contributed by atoms with Gasteiger partial charge in [-0.05, 0) is 73.0 Å². The number of nitrogen functional groups attached to an aromatic ring is 1. The maximum absolute atomic E-state index is 11.8. The number of nitrogens with one attached hydrogen (secondary N) is 3. The van der Waals surface area contributed by atoms with Crippen molar-refractivity contribution >= 4 is 40.8 Å². The Morgan fingerprint density at radius 1 is 1.17 bits per heavy atom. The maximum atomic E-state index is 11.8. The summed E-state index contributed by atoms with van der Waals surface area (Å²) in [6.45, 7) is 3.35. The molecule has 0 aliphatic carbocycles. The topological polar surface area (TPSA) is 142 Å². The molecule has 0 spiro atoms. The normalized spacial score (nSPS) is 17.8. The molecule has 2 fully saturated rings. The van der Waals surface area contributed by atoms with Crippen LogP contribution in [0.4, 0.5) is 16.6 Å². The molecule has 10 nitrogen and oxygen atoms in total. The second-order valence-corrected chi connectivity index (χ2v) is 9.54. The molecular formula is C24H26N8O2S. The van der Waals surface area contributed by atoms with Crippen molar-refractivity contribution in [3.05, 3.63) is 58.9 Å². The lowest BCUT2D eigenvalue weighted by molar-refractivity contribution is -0.115. The van der Waals surface area contributed by atoms with Crippen LogP contribution < -0.4 is 21.3 Å². The third-order valence-electron chi connectivity index (χ3n) is 6.08. The highest BCUT2D eigenvalue weighted by atomic mass is 32.2. The van der Waals surface area contributed by atoms with Crippen molar-refractivity contribution in [1.29, 1.82) is 0 Å². The van der Waals surface area contributed by atoms with E-state index in [4.69, 9.17) is 5.73 Å². The minimum absolute atomic E-state index is 0.347. The number of hydrogen-bond donors (Lipinski definition) is 4. The SMILES string of the molecule is Nc1ccc(CNCC2CCN(c3nccc(C=C4SC(=O)NC4=O)n3)CC2)c(-c2ccc[nH]2)n1. The summed E-state index contributed by atoms with van der Waals surface area (Å²) in [4.78, 5) is 42.4. The smallest absolute Gasteiger partial charge is 0.290 e. The van der Waals surface area contributed by atoms with Crippen LogP contribution in [-0.2, 0) is 11.3 Å². The summed E-state index contributed by atoms with van der Waals surface area (Å²) in [5.74, 6) is 1.32. The molecule has 2 amide bonds. The lowest BCUT2D eigenvalue weighted by Gasteiger charge is -2.32. The van der Waals surface area contributed by atoms with E-state index in [9.17, 15) is 9.59 Å². The number of nitrogens with two attached hydrogens (primary N) is 1. The van der Waals surface area contributed by atoms with E-state index >= 15 is 0 Å². The molecule has 5 N–H and O–H groups in total. The predicted molar refractivity (Wildman–Crippen MR) is 136 cm³/mol. The molecule has 5 heterocycles. The monoisotopic (exact) mass is 490 g/mol. The minimum atomic E-state index is -0.386. The second kappa shape index (κ2) is 10.3. The van der Waals surface area contributed by atoms with E-state index < -0.39 is 0 Å². The average Bonchev–Trinajstić information content (AvgIpc) is 3.50. The van der Waals surface area contributed by atoms with E-state index in [0.29, 0.717) is 28.3 Å². The van der Waals surface area contributed by atoms with Crippen LogP contribution in [0.2, 0.25) is 0 Å². The van der Waals surface area contributed by atoms with Gasteiger partial charge in [-0.1, -0.05) is 6.07 Å². The quantitative estimate of drug-likeness (QED) is 0.368. The number of rotatable bonds is 7. The van der Waals surface area contributed by atoms with Crippen molar-refractivity contribution in [2.75, 3.05) is 30.3 Å². The molecule has 2 aliphatic heterocycles. The average molecular weight is 491 g/mol. The molecule has 3 aromatic rings. The van der Waals surface area contributed by atoms with Gasteiger partial charge in [0.25, 0.3) is 11.1 Å². The Morgan fingerprint density at radius 3 is 2.77 bits per heavy atom. The number of amides is 2. The van der Waals surface area contributed by atoms with Gasteiger partial charge in [0, 0.05) is 32.0 Å². The van der Waals surface area contributed by atoms with Crippen molar-refractivity contribution in [3.63, 3.8) is 0 Å². The Bertz CT molecular complexity index is 1250. The van der Waals surface area contributed by atoms with Crippen molar-refractivity contribution < 1.29 is 9.59 Å². The van der Waals surface area contributed by atoms with Crippen LogP contribution in [0, 0.1) is 5.92 Å². The van der Waals surface area contributed by atoms with Gasteiger partial charge in [-0.2, -0.15) is 0 Å². The van der Waals surface area contributed by atoms with Gasteiger partial charge < -0.3 is 20.9 Å². The number of thioether (sulfide) groups is 1. The molecule has 0 aromatic carbocycles. The minimum Gasteiger partial charge on any atom is -0.384 e. The number of piperidine rings is 1. The first-order valence-electron chi connectivity index (χ1n) is 11.5. The van der Waals surface area contributed by atoms with Crippen molar-refractivity contribution in [3.8, 4) is 11.4 Å². The van der Waals surface area contributed by atoms with E-state index in [1.807, 2.05) is 30.5 Å². The number of H-pyrrole nitrogens is 1. The number of nitrogens with zero attached hydrogens (tertiary/aromatic N) is 4. The van der Waals surface area contributed by atoms with Crippen LogP contribution in [0.1, 0.15) is 24.1 Å². The Labute approximate surface area is 206 Å². The highest BCUT2D eigenvalue weighted by Crippen LogP contribution is 2.26. The van der Waals surface area contributed by atoms with E-state index in [-0.39, 0.29) is 11.1 Å². The fourth-order valence-corrected chi connectivity index (χ4v) is 4.92.